The van der Waals surface area contributed by atoms with Crippen molar-refractivity contribution in [3.8, 4) is 5.88 Å². The number of alkyl halides is 2. The zero-order valence-corrected chi connectivity index (χ0v) is 27.7. The lowest BCUT2D eigenvalue weighted by molar-refractivity contribution is 0.293. The van der Waals surface area contributed by atoms with Gasteiger partial charge in [-0.1, -0.05) is 55.9 Å². The summed E-state index contributed by atoms with van der Waals surface area (Å²) in [5.74, 6) is 0.0786. The molecule has 0 atom stereocenters. The lowest BCUT2D eigenvalue weighted by atomic mass is 10.1. The van der Waals surface area contributed by atoms with Gasteiger partial charge in [0.15, 0.2) is 5.16 Å². The van der Waals surface area contributed by atoms with Gasteiger partial charge in [-0.25, -0.2) is 23.0 Å². The SMILES string of the molecule is CCc1cc(=O)oc2nc(S(C)(=O)=O)nc(OCc3ccccc3)c12.CCc1cc(=O)oc2nc(SC)nc(C)c12.ClCCl. The first-order chi connectivity index (χ1) is 20.9. The molecule has 0 aliphatic heterocycles. The minimum absolute atomic E-state index is 0.0786. The second-order valence-corrected chi connectivity index (χ2v) is 12.5. The van der Waals surface area contributed by atoms with Crippen molar-refractivity contribution in [1.29, 1.82) is 0 Å². The highest BCUT2D eigenvalue weighted by atomic mass is 35.5. The zero-order chi connectivity index (χ0) is 32.4. The van der Waals surface area contributed by atoms with E-state index in [1.807, 2.05) is 57.4 Å². The van der Waals surface area contributed by atoms with Crippen molar-refractivity contribution in [2.24, 2.45) is 0 Å². The first-order valence-electron chi connectivity index (χ1n) is 13.1. The lowest BCUT2D eigenvalue weighted by Crippen LogP contribution is -2.10. The predicted octanol–water partition coefficient (Wildman–Crippen LogP) is 5.73. The van der Waals surface area contributed by atoms with Crippen LogP contribution < -0.4 is 16.0 Å². The number of sulfone groups is 1. The van der Waals surface area contributed by atoms with Crippen molar-refractivity contribution in [2.75, 3.05) is 17.9 Å². The van der Waals surface area contributed by atoms with E-state index < -0.39 is 20.6 Å². The molecule has 44 heavy (non-hydrogen) atoms. The summed E-state index contributed by atoms with van der Waals surface area (Å²) in [6.07, 6.45) is 4.16. The maximum atomic E-state index is 11.8. The molecule has 0 saturated carbocycles. The summed E-state index contributed by atoms with van der Waals surface area (Å²) < 4.78 is 39.6. The molecule has 0 unspecified atom stereocenters. The van der Waals surface area contributed by atoms with Gasteiger partial charge in [0.25, 0.3) is 5.16 Å². The number of halogens is 2. The molecule has 15 heteroatoms. The highest BCUT2D eigenvalue weighted by Crippen LogP contribution is 2.28. The summed E-state index contributed by atoms with van der Waals surface area (Å²) in [6, 6.07) is 12.2. The van der Waals surface area contributed by atoms with Gasteiger partial charge in [-0.2, -0.15) is 15.0 Å². The van der Waals surface area contributed by atoms with Crippen molar-refractivity contribution >= 4 is 67.0 Å². The largest absolute Gasteiger partial charge is 0.472 e. The third kappa shape index (κ3) is 9.00. The fourth-order valence-electron chi connectivity index (χ4n) is 4.04. The van der Waals surface area contributed by atoms with Crippen LogP contribution in [0.1, 0.15) is 36.2 Å². The summed E-state index contributed by atoms with van der Waals surface area (Å²) in [7, 11) is -3.70. The number of aromatic nitrogens is 4. The summed E-state index contributed by atoms with van der Waals surface area (Å²) in [6.45, 7) is 5.96. The van der Waals surface area contributed by atoms with Gasteiger partial charge in [-0.15, -0.1) is 23.2 Å². The number of hydrogen-bond acceptors (Lipinski definition) is 12. The van der Waals surface area contributed by atoms with Crippen LogP contribution in [-0.4, -0.2) is 46.2 Å². The summed E-state index contributed by atoms with van der Waals surface area (Å²) in [4.78, 5) is 39.5. The van der Waals surface area contributed by atoms with Crippen molar-refractivity contribution in [3.05, 3.63) is 85.7 Å². The molecule has 4 heterocycles. The van der Waals surface area contributed by atoms with Gasteiger partial charge in [-0.3, -0.25) is 0 Å². The summed E-state index contributed by atoms with van der Waals surface area (Å²) in [5.41, 5.74) is 2.67. The molecule has 0 aliphatic carbocycles. The smallest absolute Gasteiger partial charge is 0.337 e. The topological polar surface area (TPSA) is 155 Å². The molecule has 0 saturated heterocycles. The molecular formula is C29H30Cl2N4O7S2. The van der Waals surface area contributed by atoms with Crippen LogP contribution in [0, 0.1) is 6.92 Å². The van der Waals surface area contributed by atoms with Crippen LogP contribution in [0.15, 0.2) is 71.2 Å². The number of thioether (sulfide) groups is 1. The molecule has 1 aromatic carbocycles. The molecule has 0 spiro atoms. The second-order valence-electron chi connectivity index (χ2n) is 9.00. The van der Waals surface area contributed by atoms with E-state index in [4.69, 9.17) is 36.8 Å². The highest BCUT2D eigenvalue weighted by Gasteiger charge is 2.20. The molecule has 0 bridgehead atoms. The van der Waals surface area contributed by atoms with Gasteiger partial charge in [0.05, 0.1) is 16.4 Å². The van der Waals surface area contributed by atoms with Crippen LogP contribution in [0.4, 0.5) is 0 Å². The average molecular weight is 682 g/mol. The Hall–Kier alpha value is -3.52. The molecule has 5 rings (SSSR count). The second kappa shape index (κ2) is 16.0. The minimum atomic E-state index is -3.70. The van der Waals surface area contributed by atoms with Gasteiger partial charge in [0, 0.05) is 18.4 Å². The van der Waals surface area contributed by atoms with E-state index in [1.165, 1.54) is 23.9 Å². The first-order valence-corrected chi connectivity index (χ1v) is 17.3. The van der Waals surface area contributed by atoms with Gasteiger partial charge in [0.1, 0.15) is 12.0 Å². The van der Waals surface area contributed by atoms with Gasteiger partial charge in [-0.05, 0) is 42.7 Å². The molecule has 0 fully saturated rings. The van der Waals surface area contributed by atoms with Crippen LogP contribution in [0.2, 0.25) is 0 Å². The number of fused-ring (bicyclic) bond motifs is 2. The fourth-order valence-corrected chi connectivity index (χ4v) is 4.94. The molecule has 0 N–H and O–H groups in total. The Morgan fingerprint density at radius 1 is 0.864 bits per heavy atom. The van der Waals surface area contributed by atoms with Crippen LogP contribution in [-0.2, 0) is 29.3 Å². The fraction of sp³-hybridized carbons (Fsp3) is 0.310. The van der Waals surface area contributed by atoms with Crippen molar-refractivity contribution in [2.45, 2.75) is 50.5 Å². The minimum Gasteiger partial charge on any atom is -0.472 e. The normalized spacial score (nSPS) is 11.0. The van der Waals surface area contributed by atoms with Crippen LogP contribution in [0.5, 0.6) is 5.88 Å². The quantitative estimate of drug-likeness (QED) is 0.117. The van der Waals surface area contributed by atoms with E-state index in [1.54, 1.807) is 0 Å². The van der Waals surface area contributed by atoms with Crippen molar-refractivity contribution in [1.82, 2.24) is 19.9 Å². The van der Waals surface area contributed by atoms with E-state index in [0.29, 0.717) is 28.2 Å². The predicted molar refractivity (Wildman–Crippen MR) is 172 cm³/mol. The Bertz CT molecular complexity index is 1970. The van der Waals surface area contributed by atoms with E-state index in [0.717, 1.165) is 34.9 Å². The maximum absolute atomic E-state index is 11.8. The van der Waals surface area contributed by atoms with Crippen LogP contribution in [0.25, 0.3) is 22.2 Å². The number of nitrogens with zero attached hydrogens (tertiary/aromatic N) is 4. The van der Waals surface area contributed by atoms with Crippen molar-refractivity contribution < 1.29 is 22.0 Å². The molecule has 0 amide bonds. The van der Waals surface area contributed by atoms with Crippen molar-refractivity contribution in [3.63, 3.8) is 0 Å². The molecular weight excluding hydrogens is 651 g/mol. The molecule has 0 aliphatic rings. The van der Waals surface area contributed by atoms with Gasteiger partial charge >= 0.3 is 11.3 Å². The molecule has 234 valence electrons. The first kappa shape index (κ1) is 35.0. The Morgan fingerprint density at radius 3 is 1.93 bits per heavy atom. The molecule has 5 aromatic rings. The maximum Gasteiger partial charge on any atom is 0.337 e. The average Bonchev–Trinajstić information content (AvgIpc) is 2.99. The van der Waals surface area contributed by atoms with E-state index in [-0.39, 0.29) is 29.2 Å². The Labute approximate surface area is 267 Å². The summed E-state index contributed by atoms with van der Waals surface area (Å²) in [5, 5.41) is 1.64. The third-order valence-corrected chi connectivity index (χ3v) is 7.37. The van der Waals surface area contributed by atoms with Crippen LogP contribution >= 0.6 is 35.0 Å². The lowest BCUT2D eigenvalue weighted by Gasteiger charge is -2.11. The van der Waals surface area contributed by atoms with E-state index >= 15 is 0 Å². The van der Waals surface area contributed by atoms with Crippen LogP contribution in [0.3, 0.4) is 0 Å². The van der Waals surface area contributed by atoms with E-state index in [9.17, 15) is 18.0 Å². The van der Waals surface area contributed by atoms with E-state index in [2.05, 4.69) is 19.9 Å². The summed E-state index contributed by atoms with van der Waals surface area (Å²) >= 11 is 11.0. The third-order valence-electron chi connectivity index (χ3n) is 5.97. The number of rotatable bonds is 7. The monoisotopic (exact) mass is 680 g/mol. The zero-order valence-electron chi connectivity index (χ0n) is 24.6. The standard InChI is InChI=1S/C17H16N2O5S.C11H12N2O2S.CH2Cl2/c1-3-12-9-13(20)24-16-14(12)15(18-17(19-16)25(2,21)22)23-10-11-7-5-4-6-8-11;1-4-7-5-8(14)15-10-9(7)6(2)12-11(13-10)16-3;2-1-3/h4-9H,3,10H2,1-2H3;5H,4H2,1-3H3;1H2. The number of aryl methyl sites for hydroxylation is 3. The molecule has 11 nitrogen and oxygen atoms in total. The Balaban J connectivity index is 0.000000239. The van der Waals surface area contributed by atoms with Gasteiger partial charge in [0.2, 0.25) is 27.1 Å². The number of benzene rings is 1. The Morgan fingerprint density at radius 2 is 1.41 bits per heavy atom. The van der Waals surface area contributed by atoms with Gasteiger partial charge < -0.3 is 13.6 Å². The highest BCUT2D eigenvalue weighted by molar-refractivity contribution is 7.98. The number of ether oxygens (including phenoxy) is 1. The molecule has 4 aromatic heterocycles. The Kier molecular flexibility index (Phi) is 12.7. The number of hydrogen-bond donors (Lipinski definition) is 0. The molecule has 0 radical (unpaired) electrons.